The summed E-state index contributed by atoms with van der Waals surface area (Å²) in [4.78, 5) is 22.5. The van der Waals surface area contributed by atoms with Crippen LogP contribution in [0, 0.1) is 5.41 Å². The summed E-state index contributed by atoms with van der Waals surface area (Å²) in [6, 6.07) is 17.1. The van der Waals surface area contributed by atoms with E-state index in [0.717, 1.165) is 56.3 Å². The Balaban J connectivity index is 1.23. The van der Waals surface area contributed by atoms with Gasteiger partial charge in [-0.05, 0) is 49.9 Å². The third-order valence-electron chi connectivity index (χ3n) is 8.16. The van der Waals surface area contributed by atoms with Gasteiger partial charge >= 0.3 is 0 Å². The molecule has 0 radical (unpaired) electrons. The Hall–Kier alpha value is -4.43. The number of aliphatic hydroxyl groups excluding tert-OH is 2. The van der Waals surface area contributed by atoms with Gasteiger partial charge in [-0.1, -0.05) is 80.3 Å². The lowest BCUT2D eigenvalue weighted by atomic mass is 10.1. The maximum Gasteiger partial charge on any atom is 0.227 e. The van der Waals surface area contributed by atoms with Crippen LogP contribution in [0.25, 0.3) is 0 Å². The van der Waals surface area contributed by atoms with Gasteiger partial charge in [-0.3, -0.25) is 15.1 Å². The number of Topliss-reactive ketones (excluding diaryl/α,β-unsaturated/α-hetero) is 1. The number of carbonyl (C=O) groups is 1. The van der Waals surface area contributed by atoms with Crippen molar-refractivity contribution in [1.29, 1.82) is 5.41 Å². The average molecular weight is 710 g/mol. The minimum absolute atomic E-state index is 0.0119. The predicted octanol–water partition coefficient (Wildman–Crippen LogP) is 4.94. The number of halogens is 1. The zero-order chi connectivity index (χ0) is 35.9. The van der Waals surface area contributed by atoms with Crippen LogP contribution < -0.4 is 21.5 Å². The topological polar surface area (TPSA) is 202 Å². The maximum atomic E-state index is 12.6. The van der Waals surface area contributed by atoms with Gasteiger partial charge in [0.05, 0.1) is 0 Å². The summed E-state index contributed by atoms with van der Waals surface area (Å²) in [5.74, 6) is -0.421. The molecule has 4 rings (SSSR count). The molecule has 1 aromatic heterocycles. The van der Waals surface area contributed by atoms with Gasteiger partial charge in [0.25, 0.3) is 0 Å². The number of nitrogens with one attached hydrogen (secondary N) is 2. The number of aryl methyl sites for hydroxylation is 1. The fourth-order valence-electron chi connectivity index (χ4n) is 5.36. The second-order valence-corrected chi connectivity index (χ2v) is 12.4. The highest BCUT2D eigenvalue weighted by Crippen LogP contribution is 2.28. The zero-order valence-corrected chi connectivity index (χ0v) is 29.2. The molecule has 1 aliphatic heterocycles. The molecule has 2 atom stereocenters. The van der Waals surface area contributed by atoms with E-state index in [2.05, 4.69) is 22.2 Å². The highest BCUT2D eigenvalue weighted by Gasteiger charge is 2.32. The van der Waals surface area contributed by atoms with E-state index in [1.165, 1.54) is 0 Å². The van der Waals surface area contributed by atoms with Crippen LogP contribution in [-0.2, 0) is 20.7 Å². The standard InChI is InChI=1S/C36H48ClN7O6/c1-2-3-4-10-19-44(22-27(45)30(47)31-28(46)23-49-36(50-31)25-12-6-5-7-13-25)20-21-48-26-16-14-24(15-17-26)11-8-9-18-41-33(38)29-34(39)43-35(40)32(37)42-29/h5-7,12-17,27,36,45,47H,2-4,8-11,18-23H2,1H3,(H2,38,41)(H4,39,40,43)/b31-30+/t27-,36?/m0/s1. The number of rotatable bonds is 19. The van der Waals surface area contributed by atoms with Crippen LogP contribution in [0.1, 0.15) is 68.6 Å². The van der Waals surface area contributed by atoms with Gasteiger partial charge in [0.1, 0.15) is 36.6 Å². The average Bonchev–Trinajstić information content (AvgIpc) is 3.12. The first kappa shape index (κ1) is 38.4. The first-order valence-electron chi connectivity index (χ1n) is 17.0. The number of carbonyl (C=O) groups excluding carboxylic acids is 1. The largest absolute Gasteiger partial charge is 0.506 e. The van der Waals surface area contributed by atoms with E-state index in [0.29, 0.717) is 31.8 Å². The number of aromatic nitrogens is 2. The first-order valence-corrected chi connectivity index (χ1v) is 17.4. The molecule has 2 aromatic carbocycles. The molecule has 0 spiro atoms. The number of nitrogen functional groups attached to an aromatic ring is 2. The van der Waals surface area contributed by atoms with E-state index in [1.54, 1.807) is 12.1 Å². The molecule has 0 amide bonds. The molecule has 3 aromatic rings. The highest BCUT2D eigenvalue weighted by molar-refractivity contribution is 6.31. The van der Waals surface area contributed by atoms with Crippen molar-refractivity contribution in [3.05, 3.63) is 88.1 Å². The molecule has 0 saturated carbocycles. The van der Waals surface area contributed by atoms with Crippen molar-refractivity contribution in [2.24, 2.45) is 0 Å². The summed E-state index contributed by atoms with van der Waals surface area (Å²) >= 11 is 5.91. The molecule has 270 valence electrons. The number of nitrogens with zero attached hydrogens (tertiary/aromatic N) is 3. The number of amidine groups is 1. The van der Waals surface area contributed by atoms with Crippen molar-refractivity contribution in [3.8, 4) is 5.75 Å². The van der Waals surface area contributed by atoms with Crippen molar-refractivity contribution in [2.45, 2.75) is 64.3 Å². The first-order chi connectivity index (χ1) is 24.2. The molecular weight excluding hydrogens is 662 g/mol. The SMILES string of the molecule is CCCCCCN(CCOc1ccc(CCCCNC(=N)c2nc(Cl)c(N)nc2N)cc1)C[C@H](O)/C(O)=C1\OC(c2ccccc2)OCC1=O. The molecule has 50 heavy (non-hydrogen) atoms. The normalized spacial score (nSPS) is 16.2. The smallest absolute Gasteiger partial charge is 0.227 e. The minimum Gasteiger partial charge on any atom is -0.506 e. The second kappa shape index (κ2) is 19.7. The van der Waals surface area contributed by atoms with Crippen molar-refractivity contribution in [2.75, 3.05) is 50.9 Å². The minimum atomic E-state index is -1.32. The number of hydrogen-bond donors (Lipinski definition) is 6. The van der Waals surface area contributed by atoms with Crippen molar-refractivity contribution in [3.63, 3.8) is 0 Å². The molecule has 1 unspecified atom stereocenters. The van der Waals surface area contributed by atoms with Gasteiger partial charge in [0.15, 0.2) is 22.5 Å². The monoisotopic (exact) mass is 709 g/mol. The van der Waals surface area contributed by atoms with Crippen molar-refractivity contribution >= 4 is 34.9 Å². The van der Waals surface area contributed by atoms with Gasteiger partial charge in [0.2, 0.25) is 17.8 Å². The summed E-state index contributed by atoms with van der Waals surface area (Å²) < 4.78 is 17.2. The Kier molecular flexibility index (Phi) is 15.1. The summed E-state index contributed by atoms with van der Waals surface area (Å²) in [5, 5.41) is 33.1. The lowest BCUT2D eigenvalue weighted by Gasteiger charge is -2.28. The van der Waals surface area contributed by atoms with Crippen molar-refractivity contribution < 1.29 is 29.2 Å². The summed E-state index contributed by atoms with van der Waals surface area (Å²) in [6.45, 7) is 4.16. The molecule has 1 aliphatic rings. The number of aliphatic hydroxyl groups is 2. The number of hydrogen-bond acceptors (Lipinski definition) is 12. The summed E-state index contributed by atoms with van der Waals surface area (Å²) in [6.07, 6.45) is 4.61. The van der Waals surface area contributed by atoms with Crippen LogP contribution in [0.3, 0.4) is 0 Å². The Labute approximate surface area is 298 Å². The molecule has 14 heteroatoms. The third kappa shape index (κ3) is 11.6. The molecule has 0 aliphatic carbocycles. The Morgan fingerprint density at radius 1 is 1.06 bits per heavy atom. The van der Waals surface area contributed by atoms with Gasteiger partial charge in [0, 0.05) is 25.2 Å². The van der Waals surface area contributed by atoms with E-state index in [-0.39, 0.29) is 47.2 Å². The number of unbranched alkanes of at least 4 members (excludes halogenated alkanes) is 4. The molecular formula is C36H48ClN7O6. The number of nitrogens with two attached hydrogens (primary N) is 2. The number of anilines is 2. The zero-order valence-electron chi connectivity index (χ0n) is 28.4. The van der Waals surface area contributed by atoms with E-state index < -0.39 is 23.9 Å². The molecule has 0 bridgehead atoms. The van der Waals surface area contributed by atoms with E-state index >= 15 is 0 Å². The van der Waals surface area contributed by atoms with E-state index in [1.807, 2.05) is 47.4 Å². The molecule has 2 heterocycles. The van der Waals surface area contributed by atoms with E-state index in [9.17, 15) is 15.0 Å². The number of ether oxygens (including phenoxy) is 3. The number of benzene rings is 2. The fraction of sp³-hybridized carbons (Fsp3) is 0.444. The van der Waals surface area contributed by atoms with Gasteiger partial charge in [-0.25, -0.2) is 9.97 Å². The van der Waals surface area contributed by atoms with Crippen LogP contribution in [0.4, 0.5) is 11.6 Å². The van der Waals surface area contributed by atoms with E-state index in [4.69, 9.17) is 42.7 Å². The molecule has 1 saturated heterocycles. The van der Waals surface area contributed by atoms with Crippen LogP contribution >= 0.6 is 11.6 Å². The molecule has 1 fully saturated rings. The van der Waals surface area contributed by atoms with Gasteiger partial charge < -0.3 is 41.2 Å². The van der Waals surface area contributed by atoms with Crippen molar-refractivity contribution in [1.82, 2.24) is 20.2 Å². The number of ketones is 1. The highest BCUT2D eigenvalue weighted by atomic mass is 35.5. The third-order valence-corrected chi connectivity index (χ3v) is 8.44. The molecule has 8 N–H and O–H groups in total. The predicted molar refractivity (Wildman–Crippen MR) is 193 cm³/mol. The summed E-state index contributed by atoms with van der Waals surface area (Å²) in [7, 11) is 0. The van der Waals surface area contributed by atoms with Gasteiger partial charge in [-0.15, -0.1) is 0 Å². The van der Waals surface area contributed by atoms with Crippen LogP contribution in [0.5, 0.6) is 5.75 Å². The van der Waals surface area contributed by atoms with Crippen LogP contribution in [-0.4, -0.2) is 82.2 Å². The maximum absolute atomic E-state index is 12.6. The van der Waals surface area contributed by atoms with Crippen LogP contribution in [0.2, 0.25) is 5.15 Å². The Morgan fingerprint density at radius 3 is 2.56 bits per heavy atom. The summed E-state index contributed by atoms with van der Waals surface area (Å²) in [5.41, 5.74) is 13.5. The lowest BCUT2D eigenvalue weighted by molar-refractivity contribution is -0.172. The quantitative estimate of drug-likeness (QED) is 0.0322. The lowest BCUT2D eigenvalue weighted by Crippen LogP contribution is -2.38. The van der Waals surface area contributed by atoms with Crippen LogP contribution in [0.15, 0.2) is 66.1 Å². The van der Waals surface area contributed by atoms with Gasteiger partial charge in [-0.2, -0.15) is 0 Å². The fourth-order valence-corrected chi connectivity index (χ4v) is 5.49. The second-order valence-electron chi connectivity index (χ2n) is 12.1. The Morgan fingerprint density at radius 2 is 1.82 bits per heavy atom. The molecule has 13 nitrogen and oxygen atoms in total. The Bertz CT molecular complexity index is 1580.